The maximum Gasteiger partial charge on any atom is 0.253 e. The Morgan fingerprint density at radius 1 is 1.05 bits per heavy atom. The summed E-state index contributed by atoms with van der Waals surface area (Å²) in [5, 5.41) is 0. The van der Waals surface area contributed by atoms with Crippen LogP contribution in [0.15, 0.2) is 54.6 Å². The lowest BCUT2D eigenvalue weighted by Gasteiger charge is -2.17. The maximum absolute atomic E-state index is 12.4. The standard InChI is InChI=1S/C17H18N2O/c18-16-8-6-14(7-9-16)17(20)19-11-10-15(12-19)13-4-2-1-3-5-13/h1-9,15H,10-12,18H2/t15-/m1/s1. The van der Waals surface area contributed by atoms with Crippen LogP contribution in [0.3, 0.4) is 0 Å². The summed E-state index contributed by atoms with van der Waals surface area (Å²) in [6.07, 6.45) is 1.03. The molecule has 2 aromatic rings. The van der Waals surface area contributed by atoms with Crippen molar-refractivity contribution >= 4 is 11.6 Å². The van der Waals surface area contributed by atoms with Crippen LogP contribution in [0.4, 0.5) is 5.69 Å². The van der Waals surface area contributed by atoms with E-state index in [1.807, 2.05) is 11.0 Å². The lowest BCUT2D eigenvalue weighted by atomic mass is 9.99. The Morgan fingerprint density at radius 3 is 2.45 bits per heavy atom. The normalized spacial score (nSPS) is 18.2. The summed E-state index contributed by atoms with van der Waals surface area (Å²) < 4.78 is 0. The van der Waals surface area contributed by atoms with Gasteiger partial charge in [0.15, 0.2) is 0 Å². The van der Waals surface area contributed by atoms with Gasteiger partial charge in [0, 0.05) is 30.3 Å². The molecule has 0 spiro atoms. The van der Waals surface area contributed by atoms with Crippen molar-refractivity contribution in [3.8, 4) is 0 Å². The average Bonchev–Trinajstić information content (AvgIpc) is 2.98. The number of hydrogen-bond donors (Lipinski definition) is 1. The second-order valence-electron chi connectivity index (χ2n) is 5.27. The molecule has 1 atom stereocenters. The zero-order chi connectivity index (χ0) is 13.9. The molecule has 1 saturated heterocycles. The number of carbonyl (C=O) groups excluding carboxylic acids is 1. The Hall–Kier alpha value is -2.29. The number of amides is 1. The largest absolute Gasteiger partial charge is 0.399 e. The van der Waals surface area contributed by atoms with E-state index in [0.29, 0.717) is 17.2 Å². The highest BCUT2D eigenvalue weighted by Crippen LogP contribution is 2.27. The highest BCUT2D eigenvalue weighted by Gasteiger charge is 2.27. The molecule has 2 N–H and O–H groups in total. The van der Waals surface area contributed by atoms with Crippen molar-refractivity contribution in [3.05, 3.63) is 65.7 Å². The number of nitrogen functional groups attached to an aromatic ring is 1. The number of likely N-dealkylation sites (tertiary alicyclic amines) is 1. The van der Waals surface area contributed by atoms with Crippen molar-refractivity contribution in [1.82, 2.24) is 4.90 Å². The van der Waals surface area contributed by atoms with Gasteiger partial charge < -0.3 is 10.6 Å². The van der Waals surface area contributed by atoms with Gasteiger partial charge in [-0.15, -0.1) is 0 Å². The minimum Gasteiger partial charge on any atom is -0.399 e. The average molecular weight is 266 g/mol. The first-order chi connectivity index (χ1) is 9.74. The Morgan fingerprint density at radius 2 is 1.75 bits per heavy atom. The summed E-state index contributed by atoms with van der Waals surface area (Å²) >= 11 is 0. The van der Waals surface area contributed by atoms with Crippen molar-refractivity contribution in [3.63, 3.8) is 0 Å². The van der Waals surface area contributed by atoms with E-state index in [4.69, 9.17) is 5.73 Å². The Bertz CT molecular complexity index is 592. The van der Waals surface area contributed by atoms with Crippen molar-refractivity contribution in [2.75, 3.05) is 18.8 Å². The minimum absolute atomic E-state index is 0.100. The Kier molecular flexibility index (Phi) is 3.42. The highest BCUT2D eigenvalue weighted by atomic mass is 16.2. The first-order valence-electron chi connectivity index (χ1n) is 6.94. The number of nitrogens with zero attached hydrogens (tertiary/aromatic N) is 1. The summed E-state index contributed by atoms with van der Waals surface area (Å²) in [7, 11) is 0. The second kappa shape index (κ2) is 5.37. The molecule has 20 heavy (non-hydrogen) atoms. The lowest BCUT2D eigenvalue weighted by molar-refractivity contribution is 0.0791. The van der Waals surface area contributed by atoms with Crippen molar-refractivity contribution in [2.24, 2.45) is 0 Å². The van der Waals surface area contributed by atoms with E-state index in [-0.39, 0.29) is 5.91 Å². The van der Waals surface area contributed by atoms with Crippen LogP contribution in [0.25, 0.3) is 0 Å². The summed E-state index contributed by atoms with van der Waals surface area (Å²) in [6, 6.07) is 17.6. The summed E-state index contributed by atoms with van der Waals surface area (Å²) in [6.45, 7) is 1.62. The van der Waals surface area contributed by atoms with Gasteiger partial charge in [0.25, 0.3) is 5.91 Å². The van der Waals surface area contributed by atoms with Gasteiger partial charge in [-0.2, -0.15) is 0 Å². The van der Waals surface area contributed by atoms with Gasteiger partial charge in [-0.1, -0.05) is 30.3 Å². The van der Waals surface area contributed by atoms with Gasteiger partial charge in [-0.05, 0) is 36.2 Å². The van der Waals surface area contributed by atoms with E-state index in [2.05, 4.69) is 24.3 Å². The number of anilines is 1. The van der Waals surface area contributed by atoms with Crippen molar-refractivity contribution < 1.29 is 4.79 Å². The van der Waals surface area contributed by atoms with E-state index in [0.717, 1.165) is 19.5 Å². The summed E-state index contributed by atoms with van der Waals surface area (Å²) in [5.74, 6) is 0.553. The number of benzene rings is 2. The molecule has 1 amide bonds. The van der Waals surface area contributed by atoms with Crippen LogP contribution in [0.2, 0.25) is 0 Å². The Labute approximate surface area is 119 Å². The van der Waals surface area contributed by atoms with Gasteiger partial charge in [-0.25, -0.2) is 0 Å². The third-order valence-corrected chi connectivity index (χ3v) is 3.90. The molecule has 3 rings (SSSR count). The molecule has 1 fully saturated rings. The van der Waals surface area contributed by atoms with Crippen LogP contribution in [0.1, 0.15) is 28.3 Å². The highest BCUT2D eigenvalue weighted by molar-refractivity contribution is 5.94. The smallest absolute Gasteiger partial charge is 0.253 e. The molecule has 0 saturated carbocycles. The fourth-order valence-corrected chi connectivity index (χ4v) is 2.75. The van der Waals surface area contributed by atoms with Crippen LogP contribution in [-0.4, -0.2) is 23.9 Å². The van der Waals surface area contributed by atoms with Gasteiger partial charge in [0.1, 0.15) is 0 Å². The predicted octanol–water partition coefficient (Wildman–Crippen LogP) is 2.90. The third-order valence-electron chi connectivity index (χ3n) is 3.90. The third kappa shape index (κ3) is 2.52. The number of hydrogen-bond acceptors (Lipinski definition) is 2. The molecule has 3 heteroatoms. The minimum atomic E-state index is 0.100. The molecule has 0 aromatic heterocycles. The van der Waals surface area contributed by atoms with Crippen LogP contribution >= 0.6 is 0 Å². The molecule has 1 aliphatic heterocycles. The molecular formula is C17H18N2O. The number of nitrogens with two attached hydrogens (primary N) is 1. The molecule has 1 aliphatic rings. The number of carbonyl (C=O) groups is 1. The van der Waals surface area contributed by atoms with E-state index in [9.17, 15) is 4.79 Å². The number of rotatable bonds is 2. The van der Waals surface area contributed by atoms with Gasteiger partial charge in [0.2, 0.25) is 0 Å². The van der Waals surface area contributed by atoms with E-state index in [1.165, 1.54) is 5.56 Å². The first kappa shape index (κ1) is 12.7. The molecule has 0 bridgehead atoms. The first-order valence-corrected chi connectivity index (χ1v) is 6.94. The fraction of sp³-hybridized carbons (Fsp3) is 0.235. The van der Waals surface area contributed by atoms with Gasteiger partial charge in [-0.3, -0.25) is 4.79 Å². The SMILES string of the molecule is Nc1ccc(C(=O)N2CC[C@@H](c3ccccc3)C2)cc1. The molecule has 3 nitrogen and oxygen atoms in total. The zero-order valence-corrected chi connectivity index (χ0v) is 11.3. The molecule has 0 unspecified atom stereocenters. The lowest BCUT2D eigenvalue weighted by Crippen LogP contribution is -2.28. The van der Waals surface area contributed by atoms with E-state index >= 15 is 0 Å². The second-order valence-corrected chi connectivity index (χ2v) is 5.27. The van der Waals surface area contributed by atoms with Crippen molar-refractivity contribution in [1.29, 1.82) is 0 Å². The molecule has 102 valence electrons. The fourth-order valence-electron chi connectivity index (χ4n) is 2.75. The van der Waals surface area contributed by atoms with Crippen LogP contribution in [0, 0.1) is 0 Å². The van der Waals surface area contributed by atoms with Crippen LogP contribution in [-0.2, 0) is 0 Å². The van der Waals surface area contributed by atoms with Crippen LogP contribution < -0.4 is 5.73 Å². The van der Waals surface area contributed by atoms with E-state index in [1.54, 1.807) is 24.3 Å². The molecule has 1 heterocycles. The Balaban J connectivity index is 1.71. The van der Waals surface area contributed by atoms with Gasteiger partial charge in [0.05, 0.1) is 0 Å². The predicted molar refractivity (Wildman–Crippen MR) is 80.6 cm³/mol. The van der Waals surface area contributed by atoms with Crippen LogP contribution in [0.5, 0.6) is 0 Å². The van der Waals surface area contributed by atoms with E-state index < -0.39 is 0 Å². The maximum atomic E-state index is 12.4. The van der Waals surface area contributed by atoms with Crippen molar-refractivity contribution in [2.45, 2.75) is 12.3 Å². The molecule has 0 radical (unpaired) electrons. The molecule has 0 aliphatic carbocycles. The monoisotopic (exact) mass is 266 g/mol. The molecular weight excluding hydrogens is 248 g/mol. The summed E-state index contributed by atoms with van der Waals surface area (Å²) in [4.78, 5) is 14.4. The molecule has 2 aromatic carbocycles. The van der Waals surface area contributed by atoms with Gasteiger partial charge >= 0.3 is 0 Å². The zero-order valence-electron chi connectivity index (χ0n) is 11.3. The topological polar surface area (TPSA) is 46.3 Å². The quantitative estimate of drug-likeness (QED) is 0.850. The summed E-state index contributed by atoms with van der Waals surface area (Å²) in [5.41, 5.74) is 8.37.